The van der Waals surface area contributed by atoms with Crippen LogP contribution >= 0.6 is 0 Å². The fraction of sp³-hybridized carbons (Fsp3) is 0.273. The third-order valence-electron chi connectivity index (χ3n) is 5.24. The van der Waals surface area contributed by atoms with Gasteiger partial charge in [0, 0.05) is 49.3 Å². The highest BCUT2D eigenvalue weighted by Gasteiger charge is 2.24. The number of nitrogens with zero attached hydrogens (tertiary/aromatic N) is 2. The van der Waals surface area contributed by atoms with Crippen LogP contribution in [0.4, 0.5) is 16.2 Å². The van der Waals surface area contributed by atoms with E-state index in [9.17, 15) is 9.59 Å². The number of aromatic amines is 1. The molecule has 3 amide bonds. The number of H-pyrrole nitrogens is 1. The van der Waals surface area contributed by atoms with E-state index in [1.54, 1.807) is 11.8 Å². The second kappa shape index (κ2) is 8.26. The largest absolute Gasteiger partial charge is 0.368 e. The Morgan fingerprint density at radius 3 is 2.52 bits per heavy atom. The molecule has 1 aliphatic rings. The molecule has 150 valence electrons. The van der Waals surface area contributed by atoms with E-state index < -0.39 is 6.04 Å². The number of para-hydroxylation sites is 1. The number of aromatic nitrogens is 1. The first-order valence-electron chi connectivity index (χ1n) is 9.83. The maximum Gasteiger partial charge on any atom is 0.318 e. The van der Waals surface area contributed by atoms with Gasteiger partial charge < -0.3 is 25.4 Å². The summed E-state index contributed by atoms with van der Waals surface area (Å²) in [5.41, 5.74) is 2.82. The first-order chi connectivity index (χ1) is 14.1. The maximum absolute atomic E-state index is 12.6. The number of rotatable bonds is 4. The number of fused-ring (bicyclic) bond motifs is 1. The number of hydrogen-bond acceptors (Lipinski definition) is 3. The zero-order valence-corrected chi connectivity index (χ0v) is 16.4. The van der Waals surface area contributed by atoms with Crippen LogP contribution < -0.4 is 15.5 Å². The minimum absolute atomic E-state index is 0.208. The summed E-state index contributed by atoms with van der Waals surface area (Å²) in [6, 6.07) is 17.0. The van der Waals surface area contributed by atoms with Crippen molar-refractivity contribution in [3.05, 3.63) is 60.8 Å². The zero-order chi connectivity index (χ0) is 20.2. The monoisotopic (exact) mass is 391 g/mol. The van der Waals surface area contributed by atoms with Crippen molar-refractivity contribution in [2.45, 2.75) is 13.0 Å². The van der Waals surface area contributed by atoms with Gasteiger partial charge >= 0.3 is 6.03 Å². The SMILES string of the molecule is C[C@@H](NC(=O)N1CCN(c2ccccc2)CC1)C(=O)Nc1ccc2cc[nH]c2c1. The minimum atomic E-state index is -0.631. The number of anilines is 2. The number of benzene rings is 2. The number of hydrogen-bond donors (Lipinski definition) is 3. The summed E-state index contributed by atoms with van der Waals surface area (Å²) < 4.78 is 0. The molecule has 1 atom stereocenters. The van der Waals surface area contributed by atoms with Crippen molar-refractivity contribution in [2.24, 2.45) is 0 Å². The molecule has 0 saturated carbocycles. The molecule has 2 aromatic carbocycles. The molecule has 1 aromatic heterocycles. The highest BCUT2D eigenvalue weighted by molar-refractivity contribution is 5.98. The topological polar surface area (TPSA) is 80.5 Å². The first kappa shape index (κ1) is 18.9. The summed E-state index contributed by atoms with van der Waals surface area (Å²) in [6.45, 7) is 4.49. The van der Waals surface area contributed by atoms with Gasteiger partial charge in [0.25, 0.3) is 0 Å². The van der Waals surface area contributed by atoms with E-state index in [1.807, 2.05) is 48.7 Å². The van der Waals surface area contributed by atoms with Crippen LogP contribution in [0, 0.1) is 0 Å². The highest BCUT2D eigenvalue weighted by atomic mass is 16.2. The van der Waals surface area contributed by atoms with Gasteiger partial charge in [-0.25, -0.2) is 4.79 Å². The third-order valence-corrected chi connectivity index (χ3v) is 5.24. The number of carbonyl (C=O) groups excluding carboxylic acids is 2. The molecule has 1 aliphatic heterocycles. The molecule has 3 N–H and O–H groups in total. The lowest BCUT2D eigenvalue weighted by atomic mass is 10.2. The molecule has 0 radical (unpaired) electrons. The number of urea groups is 1. The van der Waals surface area contributed by atoms with Gasteiger partial charge in [0.05, 0.1) is 0 Å². The molecule has 7 nitrogen and oxygen atoms in total. The summed E-state index contributed by atoms with van der Waals surface area (Å²) in [5.74, 6) is -0.243. The summed E-state index contributed by atoms with van der Waals surface area (Å²) in [6.07, 6.45) is 1.86. The van der Waals surface area contributed by atoms with E-state index in [0.717, 1.165) is 24.0 Å². The van der Waals surface area contributed by atoms with Gasteiger partial charge in [-0.2, -0.15) is 0 Å². The Kier molecular flexibility index (Phi) is 5.37. The fourth-order valence-corrected chi connectivity index (χ4v) is 3.52. The molecule has 0 aliphatic carbocycles. The van der Waals surface area contributed by atoms with Gasteiger partial charge in [0.15, 0.2) is 0 Å². The van der Waals surface area contributed by atoms with E-state index in [0.29, 0.717) is 18.8 Å². The van der Waals surface area contributed by atoms with Crippen LogP contribution in [-0.2, 0) is 4.79 Å². The van der Waals surface area contributed by atoms with Crippen molar-refractivity contribution in [1.82, 2.24) is 15.2 Å². The Hall–Kier alpha value is -3.48. The van der Waals surface area contributed by atoms with Crippen LogP contribution in [0.1, 0.15) is 6.92 Å². The normalized spacial score (nSPS) is 15.2. The lowest BCUT2D eigenvalue weighted by molar-refractivity contribution is -0.117. The smallest absolute Gasteiger partial charge is 0.318 e. The molecule has 7 heteroatoms. The van der Waals surface area contributed by atoms with Crippen molar-refractivity contribution < 1.29 is 9.59 Å². The molecule has 3 aromatic rings. The number of piperazine rings is 1. The van der Waals surface area contributed by atoms with Gasteiger partial charge in [0.2, 0.25) is 5.91 Å². The summed E-state index contributed by atoms with van der Waals surface area (Å²) in [4.78, 5) is 32.2. The summed E-state index contributed by atoms with van der Waals surface area (Å²) in [5, 5.41) is 6.75. The molecule has 4 rings (SSSR count). The third kappa shape index (κ3) is 4.34. The highest BCUT2D eigenvalue weighted by Crippen LogP contribution is 2.18. The molecule has 0 bridgehead atoms. The molecular weight excluding hydrogens is 366 g/mol. The maximum atomic E-state index is 12.6. The Bertz CT molecular complexity index is 993. The van der Waals surface area contributed by atoms with Crippen LogP contribution in [0.5, 0.6) is 0 Å². The van der Waals surface area contributed by atoms with Crippen molar-refractivity contribution in [1.29, 1.82) is 0 Å². The van der Waals surface area contributed by atoms with Crippen LogP contribution in [0.2, 0.25) is 0 Å². The van der Waals surface area contributed by atoms with Crippen LogP contribution in [0.15, 0.2) is 60.8 Å². The van der Waals surface area contributed by atoms with Gasteiger partial charge in [-0.05, 0) is 42.6 Å². The van der Waals surface area contributed by atoms with Crippen molar-refractivity contribution in [3.63, 3.8) is 0 Å². The van der Waals surface area contributed by atoms with Gasteiger partial charge in [-0.3, -0.25) is 4.79 Å². The van der Waals surface area contributed by atoms with Gasteiger partial charge in [-0.15, -0.1) is 0 Å². The second-order valence-electron chi connectivity index (χ2n) is 7.25. The van der Waals surface area contributed by atoms with Crippen molar-refractivity contribution in [3.8, 4) is 0 Å². The van der Waals surface area contributed by atoms with E-state index in [-0.39, 0.29) is 11.9 Å². The number of nitrogens with one attached hydrogen (secondary N) is 3. The van der Waals surface area contributed by atoms with E-state index in [1.165, 1.54) is 5.69 Å². The number of amides is 3. The van der Waals surface area contributed by atoms with E-state index in [4.69, 9.17) is 0 Å². The molecule has 2 heterocycles. The molecule has 1 saturated heterocycles. The predicted octanol–water partition coefficient (Wildman–Crippen LogP) is 3.03. The van der Waals surface area contributed by atoms with Crippen molar-refractivity contribution in [2.75, 3.05) is 36.4 Å². The van der Waals surface area contributed by atoms with Gasteiger partial charge in [-0.1, -0.05) is 24.3 Å². The minimum Gasteiger partial charge on any atom is -0.368 e. The standard InChI is InChI=1S/C22H25N5O2/c1-16(21(28)25-18-8-7-17-9-10-23-20(17)15-18)24-22(29)27-13-11-26(12-14-27)19-5-3-2-4-6-19/h2-10,15-16,23H,11-14H2,1H3,(H,24,29)(H,25,28)/t16-/m1/s1. The van der Waals surface area contributed by atoms with E-state index >= 15 is 0 Å². The summed E-state index contributed by atoms with van der Waals surface area (Å²) in [7, 11) is 0. The lowest BCUT2D eigenvalue weighted by Crippen LogP contribution is -2.54. The quantitative estimate of drug-likeness (QED) is 0.640. The van der Waals surface area contributed by atoms with Crippen LogP contribution in [0.3, 0.4) is 0 Å². The Morgan fingerprint density at radius 1 is 1.00 bits per heavy atom. The zero-order valence-electron chi connectivity index (χ0n) is 16.4. The Balaban J connectivity index is 1.28. The number of carbonyl (C=O) groups is 2. The van der Waals surface area contributed by atoms with Crippen molar-refractivity contribution >= 4 is 34.2 Å². The van der Waals surface area contributed by atoms with Crippen LogP contribution in [0.25, 0.3) is 10.9 Å². The molecule has 0 spiro atoms. The molecule has 0 unspecified atom stereocenters. The summed E-state index contributed by atoms with van der Waals surface area (Å²) >= 11 is 0. The fourth-order valence-electron chi connectivity index (χ4n) is 3.52. The Morgan fingerprint density at radius 2 is 1.76 bits per heavy atom. The average Bonchev–Trinajstić information content (AvgIpc) is 3.22. The Labute approximate surface area is 169 Å². The molecular formula is C22H25N5O2. The van der Waals surface area contributed by atoms with Crippen LogP contribution in [-0.4, -0.2) is 54.0 Å². The lowest BCUT2D eigenvalue weighted by Gasteiger charge is -2.36. The molecule has 29 heavy (non-hydrogen) atoms. The molecule has 1 fully saturated rings. The predicted molar refractivity (Wildman–Crippen MR) is 115 cm³/mol. The average molecular weight is 391 g/mol. The van der Waals surface area contributed by atoms with E-state index in [2.05, 4.69) is 32.7 Å². The van der Waals surface area contributed by atoms with Gasteiger partial charge in [0.1, 0.15) is 6.04 Å². The second-order valence-corrected chi connectivity index (χ2v) is 7.25. The first-order valence-corrected chi connectivity index (χ1v) is 9.83.